The largest absolute Gasteiger partial charge is 0.384 e. The Balaban J connectivity index is 1.78. The molecule has 1 saturated heterocycles. The molecule has 0 bridgehead atoms. The first-order valence-corrected chi connectivity index (χ1v) is 7.30. The van der Waals surface area contributed by atoms with E-state index in [9.17, 15) is 4.79 Å². The molecule has 1 amide bonds. The summed E-state index contributed by atoms with van der Waals surface area (Å²) >= 11 is 0. The van der Waals surface area contributed by atoms with Crippen LogP contribution in [-0.4, -0.2) is 29.9 Å². The van der Waals surface area contributed by atoms with Crippen molar-refractivity contribution in [1.29, 1.82) is 0 Å². The van der Waals surface area contributed by atoms with Crippen LogP contribution in [0.1, 0.15) is 38.2 Å². The van der Waals surface area contributed by atoms with Crippen LogP contribution >= 0.6 is 0 Å². The number of hydrogen-bond donors (Lipinski definition) is 1. The van der Waals surface area contributed by atoms with E-state index in [2.05, 4.69) is 36.2 Å². The van der Waals surface area contributed by atoms with Gasteiger partial charge in [0.1, 0.15) is 0 Å². The van der Waals surface area contributed by atoms with Gasteiger partial charge in [0.15, 0.2) is 0 Å². The molecule has 0 aliphatic carbocycles. The molecule has 3 nitrogen and oxygen atoms in total. The molecule has 2 heterocycles. The summed E-state index contributed by atoms with van der Waals surface area (Å²) in [6.45, 7) is 6.13. The van der Waals surface area contributed by atoms with Crippen molar-refractivity contribution in [2.75, 3.05) is 18.4 Å². The number of hydrogen-bond acceptors (Lipinski definition) is 2. The van der Waals surface area contributed by atoms with Crippen LogP contribution in [0.2, 0.25) is 0 Å². The maximum atomic E-state index is 12.8. The number of fused-ring (bicyclic) bond motifs is 1. The molecule has 3 rings (SSSR count). The standard InChI is InChI=1S/C16H22N2O/c1-11-7-8-18(12(2)9-11)16(19)14-10-17-15-6-4-3-5-13(14)15/h3-6,11-12,14,17H,7-10H2,1-2H3. The number of amides is 1. The number of nitrogens with zero attached hydrogens (tertiary/aromatic N) is 1. The topological polar surface area (TPSA) is 32.3 Å². The van der Waals surface area contributed by atoms with Crippen molar-refractivity contribution in [1.82, 2.24) is 4.90 Å². The summed E-state index contributed by atoms with van der Waals surface area (Å²) in [6, 6.07) is 8.56. The van der Waals surface area contributed by atoms with Crippen molar-refractivity contribution in [3.8, 4) is 0 Å². The van der Waals surface area contributed by atoms with Crippen molar-refractivity contribution in [2.45, 2.75) is 38.6 Å². The predicted octanol–water partition coefficient (Wildman–Crippen LogP) is 2.84. The third-order valence-corrected chi connectivity index (χ3v) is 4.55. The van der Waals surface area contributed by atoms with Crippen molar-refractivity contribution in [3.05, 3.63) is 29.8 Å². The van der Waals surface area contributed by atoms with Crippen LogP contribution in [-0.2, 0) is 4.79 Å². The van der Waals surface area contributed by atoms with Gasteiger partial charge in [0, 0.05) is 24.8 Å². The average molecular weight is 258 g/mol. The van der Waals surface area contributed by atoms with Crippen LogP contribution < -0.4 is 5.32 Å². The molecule has 3 unspecified atom stereocenters. The number of carbonyl (C=O) groups is 1. The number of piperidine rings is 1. The highest BCUT2D eigenvalue weighted by Gasteiger charge is 2.35. The first-order valence-electron chi connectivity index (χ1n) is 7.30. The molecule has 1 aromatic rings. The highest BCUT2D eigenvalue weighted by atomic mass is 16.2. The molecule has 3 heteroatoms. The van der Waals surface area contributed by atoms with Gasteiger partial charge in [-0.15, -0.1) is 0 Å². The molecule has 1 N–H and O–H groups in total. The molecule has 19 heavy (non-hydrogen) atoms. The summed E-state index contributed by atoms with van der Waals surface area (Å²) in [5.41, 5.74) is 2.29. The number of likely N-dealkylation sites (tertiary alicyclic amines) is 1. The lowest BCUT2D eigenvalue weighted by atomic mass is 9.91. The molecule has 2 aliphatic rings. The Morgan fingerprint density at radius 3 is 2.89 bits per heavy atom. The number of para-hydroxylation sites is 1. The van der Waals surface area contributed by atoms with E-state index in [-0.39, 0.29) is 5.92 Å². The molecular formula is C16H22N2O. The maximum absolute atomic E-state index is 12.8. The highest BCUT2D eigenvalue weighted by molar-refractivity contribution is 5.88. The van der Waals surface area contributed by atoms with Gasteiger partial charge in [-0.05, 0) is 37.3 Å². The summed E-state index contributed by atoms with van der Waals surface area (Å²) in [5.74, 6) is 1.05. The number of anilines is 1. The number of rotatable bonds is 1. The molecule has 3 atom stereocenters. The van der Waals surface area contributed by atoms with E-state index in [0.717, 1.165) is 37.5 Å². The smallest absolute Gasteiger partial charge is 0.232 e. The van der Waals surface area contributed by atoms with Crippen LogP contribution in [0.25, 0.3) is 0 Å². The normalized spacial score (nSPS) is 29.8. The minimum absolute atomic E-state index is 0.00653. The monoisotopic (exact) mass is 258 g/mol. The fourth-order valence-electron chi connectivity index (χ4n) is 3.44. The molecule has 0 spiro atoms. The SMILES string of the molecule is CC1CCN(C(=O)C2CNc3ccccc32)C(C)C1. The quantitative estimate of drug-likeness (QED) is 0.840. The van der Waals surface area contributed by atoms with E-state index in [4.69, 9.17) is 0 Å². The third-order valence-electron chi connectivity index (χ3n) is 4.55. The van der Waals surface area contributed by atoms with Gasteiger partial charge in [0.25, 0.3) is 0 Å². The lowest BCUT2D eigenvalue weighted by Crippen LogP contribution is -2.46. The maximum Gasteiger partial charge on any atom is 0.232 e. The average Bonchev–Trinajstić information content (AvgIpc) is 2.82. The van der Waals surface area contributed by atoms with E-state index in [0.29, 0.717) is 11.9 Å². The van der Waals surface area contributed by atoms with Gasteiger partial charge in [0.2, 0.25) is 5.91 Å². The van der Waals surface area contributed by atoms with Crippen molar-refractivity contribution in [2.24, 2.45) is 5.92 Å². The summed E-state index contributed by atoms with van der Waals surface area (Å²) in [5, 5.41) is 3.35. The number of benzene rings is 1. The molecule has 1 aromatic carbocycles. The van der Waals surface area contributed by atoms with Crippen LogP contribution in [0.4, 0.5) is 5.69 Å². The van der Waals surface area contributed by atoms with Gasteiger partial charge in [-0.1, -0.05) is 25.1 Å². The lowest BCUT2D eigenvalue weighted by molar-refractivity contribution is -0.136. The van der Waals surface area contributed by atoms with Gasteiger partial charge in [-0.25, -0.2) is 0 Å². The van der Waals surface area contributed by atoms with Crippen LogP contribution in [0.3, 0.4) is 0 Å². The first-order chi connectivity index (χ1) is 9.16. The Morgan fingerprint density at radius 2 is 2.11 bits per heavy atom. The zero-order valence-corrected chi connectivity index (χ0v) is 11.7. The van der Waals surface area contributed by atoms with Crippen LogP contribution in [0.5, 0.6) is 0 Å². The fraction of sp³-hybridized carbons (Fsp3) is 0.562. The van der Waals surface area contributed by atoms with E-state index >= 15 is 0 Å². The third kappa shape index (κ3) is 2.22. The molecule has 0 radical (unpaired) electrons. The van der Waals surface area contributed by atoms with Crippen molar-refractivity contribution in [3.63, 3.8) is 0 Å². The Morgan fingerprint density at radius 1 is 1.32 bits per heavy atom. The van der Waals surface area contributed by atoms with E-state index in [1.165, 1.54) is 5.56 Å². The fourth-order valence-corrected chi connectivity index (χ4v) is 3.44. The Hall–Kier alpha value is -1.51. The minimum atomic E-state index is 0.00653. The zero-order chi connectivity index (χ0) is 13.4. The summed E-state index contributed by atoms with van der Waals surface area (Å²) in [6.07, 6.45) is 2.27. The van der Waals surface area contributed by atoms with Gasteiger partial charge in [-0.2, -0.15) is 0 Å². The number of carbonyl (C=O) groups excluding carboxylic acids is 1. The molecular weight excluding hydrogens is 236 g/mol. The summed E-state index contributed by atoms with van der Waals surface area (Å²) in [4.78, 5) is 14.9. The Bertz CT molecular complexity index is 485. The molecule has 0 saturated carbocycles. The van der Waals surface area contributed by atoms with Crippen LogP contribution in [0.15, 0.2) is 24.3 Å². The molecule has 102 valence electrons. The number of nitrogens with one attached hydrogen (secondary N) is 1. The second-order valence-corrected chi connectivity index (χ2v) is 6.03. The van der Waals surface area contributed by atoms with Gasteiger partial charge < -0.3 is 10.2 Å². The minimum Gasteiger partial charge on any atom is -0.384 e. The van der Waals surface area contributed by atoms with Gasteiger partial charge >= 0.3 is 0 Å². The van der Waals surface area contributed by atoms with Gasteiger partial charge in [-0.3, -0.25) is 4.79 Å². The summed E-state index contributed by atoms with van der Waals surface area (Å²) in [7, 11) is 0. The van der Waals surface area contributed by atoms with Crippen LogP contribution in [0, 0.1) is 5.92 Å². The molecule has 0 aromatic heterocycles. The lowest BCUT2D eigenvalue weighted by Gasteiger charge is -2.38. The Labute approximate surface area is 115 Å². The van der Waals surface area contributed by atoms with Crippen molar-refractivity contribution >= 4 is 11.6 Å². The Kier molecular flexibility index (Phi) is 3.21. The van der Waals surface area contributed by atoms with E-state index in [1.54, 1.807) is 0 Å². The highest BCUT2D eigenvalue weighted by Crippen LogP contribution is 2.34. The first kappa shape index (κ1) is 12.5. The predicted molar refractivity (Wildman–Crippen MR) is 77.2 cm³/mol. The van der Waals surface area contributed by atoms with E-state index in [1.807, 2.05) is 12.1 Å². The van der Waals surface area contributed by atoms with Gasteiger partial charge in [0.05, 0.1) is 5.92 Å². The van der Waals surface area contributed by atoms with E-state index < -0.39 is 0 Å². The summed E-state index contributed by atoms with van der Waals surface area (Å²) < 4.78 is 0. The molecule has 2 aliphatic heterocycles. The van der Waals surface area contributed by atoms with Crippen molar-refractivity contribution < 1.29 is 4.79 Å². The second kappa shape index (κ2) is 4.87. The zero-order valence-electron chi connectivity index (χ0n) is 11.7. The second-order valence-electron chi connectivity index (χ2n) is 6.03. The molecule has 1 fully saturated rings.